The molecular weight excluding hydrogens is 300 g/mol. The van der Waals surface area contributed by atoms with Crippen molar-refractivity contribution in [2.45, 2.75) is 0 Å². The van der Waals surface area contributed by atoms with Gasteiger partial charge in [0.15, 0.2) is 5.65 Å². The van der Waals surface area contributed by atoms with Crippen molar-refractivity contribution in [3.05, 3.63) is 48.9 Å². The van der Waals surface area contributed by atoms with Gasteiger partial charge in [-0.15, -0.1) is 0 Å². The van der Waals surface area contributed by atoms with E-state index in [1.807, 2.05) is 12.1 Å². The summed E-state index contributed by atoms with van der Waals surface area (Å²) in [5.74, 6) is 0.778. The number of pyridine rings is 1. The van der Waals surface area contributed by atoms with Gasteiger partial charge in [-0.25, -0.2) is 15.0 Å². The molecular formula is C18H20N6. The van der Waals surface area contributed by atoms with Crippen molar-refractivity contribution in [1.82, 2.24) is 19.9 Å². The van der Waals surface area contributed by atoms with E-state index in [1.165, 1.54) is 12.0 Å². The lowest BCUT2D eigenvalue weighted by Gasteiger charge is -2.34. The molecule has 1 aromatic carbocycles. The summed E-state index contributed by atoms with van der Waals surface area (Å²) in [5.41, 5.74) is 2.98. The smallest absolute Gasteiger partial charge is 0.164 e. The van der Waals surface area contributed by atoms with Crippen LogP contribution in [0.25, 0.3) is 11.0 Å². The third kappa shape index (κ3) is 3.00. The summed E-state index contributed by atoms with van der Waals surface area (Å²) in [4.78, 5) is 17.6. The Balaban J connectivity index is 1.53. The van der Waals surface area contributed by atoms with Crippen LogP contribution < -0.4 is 10.2 Å². The Hall–Kier alpha value is -2.73. The number of piperazine rings is 1. The minimum absolute atomic E-state index is 0.698. The summed E-state index contributed by atoms with van der Waals surface area (Å²) in [5, 5.41) is 4.29. The zero-order valence-electron chi connectivity index (χ0n) is 13.7. The summed E-state index contributed by atoms with van der Waals surface area (Å²) in [6.45, 7) is 4.37. The number of benzene rings is 1. The Morgan fingerprint density at radius 2 is 1.71 bits per heavy atom. The first kappa shape index (κ1) is 14.8. The van der Waals surface area contributed by atoms with E-state index < -0.39 is 0 Å². The van der Waals surface area contributed by atoms with Crippen LogP contribution in [0, 0.1) is 0 Å². The molecule has 0 amide bonds. The molecule has 1 saturated heterocycles. The van der Waals surface area contributed by atoms with Crippen LogP contribution in [-0.4, -0.2) is 53.1 Å². The number of nitrogens with zero attached hydrogens (tertiary/aromatic N) is 5. The van der Waals surface area contributed by atoms with Gasteiger partial charge < -0.3 is 15.1 Å². The SMILES string of the molecule is CN1CCN(c2ccc(Nc3ncnc4ncccc34)cc2)CC1. The normalized spacial score (nSPS) is 15.6. The van der Waals surface area contributed by atoms with Crippen LogP contribution >= 0.6 is 0 Å². The molecule has 0 atom stereocenters. The second-order valence-corrected chi connectivity index (χ2v) is 6.06. The fraction of sp³-hybridized carbons (Fsp3) is 0.278. The molecule has 0 aliphatic carbocycles. The molecule has 2 aromatic heterocycles. The van der Waals surface area contributed by atoms with E-state index in [4.69, 9.17) is 0 Å². The molecule has 0 saturated carbocycles. The van der Waals surface area contributed by atoms with Crippen LogP contribution in [0.15, 0.2) is 48.9 Å². The number of nitrogens with one attached hydrogen (secondary N) is 1. The van der Waals surface area contributed by atoms with Crippen LogP contribution in [0.1, 0.15) is 0 Å². The van der Waals surface area contributed by atoms with E-state index in [1.54, 1.807) is 6.20 Å². The Kier molecular flexibility index (Phi) is 3.96. The van der Waals surface area contributed by atoms with Crippen molar-refractivity contribution in [2.75, 3.05) is 43.4 Å². The highest BCUT2D eigenvalue weighted by atomic mass is 15.2. The minimum Gasteiger partial charge on any atom is -0.369 e. The maximum atomic E-state index is 4.34. The van der Waals surface area contributed by atoms with E-state index in [0.29, 0.717) is 5.65 Å². The quantitative estimate of drug-likeness (QED) is 0.800. The summed E-state index contributed by atoms with van der Waals surface area (Å²) in [6.07, 6.45) is 3.28. The second kappa shape index (κ2) is 6.41. The van der Waals surface area contributed by atoms with Gasteiger partial charge >= 0.3 is 0 Å². The maximum Gasteiger partial charge on any atom is 0.164 e. The number of fused-ring (bicyclic) bond motifs is 1. The minimum atomic E-state index is 0.698. The van der Waals surface area contributed by atoms with E-state index in [9.17, 15) is 0 Å². The Morgan fingerprint density at radius 3 is 2.50 bits per heavy atom. The van der Waals surface area contributed by atoms with Crippen molar-refractivity contribution >= 4 is 28.2 Å². The molecule has 24 heavy (non-hydrogen) atoms. The highest BCUT2D eigenvalue weighted by Crippen LogP contribution is 2.24. The summed E-state index contributed by atoms with van der Waals surface area (Å²) in [6, 6.07) is 12.4. The lowest BCUT2D eigenvalue weighted by Crippen LogP contribution is -2.44. The summed E-state index contributed by atoms with van der Waals surface area (Å²) >= 11 is 0. The Morgan fingerprint density at radius 1 is 0.917 bits per heavy atom. The maximum absolute atomic E-state index is 4.34. The fourth-order valence-electron chi connectivity index (χ4n) is 2.95. The number of anilines is 3. The third-order valence-corrected chi connectivity index (χ3v) is 4.41. The number of hydrogen-bond acceptors (Lipinski definition) is 6. The van der Waals surface area contributed by atoms with Gasteiger partial charge in [0.1, 0.15) is 12.1 Å². The van der Waals surface area contributed by atoms with Gasteiger partial charge in [-0.2, -0.15) is 0 Å². The fourth-order valence-corrected chi connectivity index (χ4v) is 2.95. The second-order valence-electron chi connectivity index (χ2n) is 6.06. The van der Waals surface area contributed by atoms with E-state index in [2.05, 4.69) is 61.4 Å². The lowest BCUT2D eigenvalue weighted by molar-refractivity contribution is 0.313. The van der Waals surface area contributed by atoms with Crippen molar-refractivity contribution in [1.29, 1.82) is 0 Å². The molecule has 0 unspecified atom stereocenters. The summed E-state index contributed by atoms with van der Waals surface area (Å²) in [7, 11) is 2.17. The van der Waals surface area contributed by atoms with Crippen LogP contribution in [0.5, 0.6) is 0 Å². The van der Waals surface area contributed by atoms with Crippen LogP contribution in [-0.2, 0) is 0 Å². The highest BCUT2D eigenvalue weighted by Gasteiger charge is 2.14. The molecule has 122 valence electrons. The zero-order chi connectivity index (χ0) is 16.4. The average Bonchev–Trinajstić information content (AvgIpc) is 2.63. The van der Waals surface area contributed by atoms with E-state index in [-0.39, 0.29) is 0 Å². The molecule has 4 rings (SSSR count). The zero-order valence-corrected chi connectivity index (χ0v) is 13.7. The lowest BCUT2D eigenvalue weighted by atomic mass is 10.2. The number of aromatic nitrogens is 3. The van der Waals surface area contributed by atoms with Gasteiger partial charge in [0, 0.05) is 43.8 Å². The van der Waals surface area contributed by atoms with Gasteiger partial charge in [0.05, 0.1) is 5.39 Å². The molecule has 6 nitrogen and oxygen atoms in total. The molecule has 0 radical (unpaired) electrons. The largest absolute Gasteiger partial charge is 0.369 e. The molecule has 6 heteroatoms. The first-order valence-electron chi connectivity index (χ1n) is 8.16. The van der Waals surface area contributed by atoms with Gasteiger partial charge in [0.2, 0.25) is 0 Å². The van der Waals surface area contributed by atoms with Crippen molar-refractivity contribution in [3.63, 3.8) is 0 Å². The Labute approximate surface area is 141 Å². The standard InChI is InChI=1S/C18H20N6/c1-23-9-11-24(12-10-23)15-6-4-14(5-7-15)22-18-16-3-2-8-19-17(16)20-13-21-18/h2-8,13H,9-12H2,1H3,(H,19,20,21,22). The van der Waals surface area contributed by atoms with Crippen molar-refractivity contribution in [2.24, 2.45) is 0 Å². The molecule has 1 aliphatic heterocycles. The first-order chi connectivity index (χ1) is 11.8. The number of likely N-dealkylation sites (N-methyl/N-ethyl adjacent to an activating group) is 1. The van der Waals surface area contributed by atoms with E-state index >= 15 is 0 Å². The molecule has 1 aliphatic rings. The van der Waals surface area contributed by atoms with Crippen LogP contribution in [0.3, 0.4) is 0 Å². The van der Waals surface area contributed by atoms with Gasteiger partial charge in [-0.05, 0) is 43.4 Å². The highest BCUT2D eigenvalue weighted by molar-refractivity contribution is 5.88. The topological polar surface area (TPSA) is 57.2 Å². The van der Waals surface area contributed by atoms with Gasteiger partial charge in [-0.3, -0.25) is 0 Å². The molecule has 3 aromatic rings. The molecule has 1 fully saturated rings. The predicted molar refractivity (Wildman–Crippen MR) is 96.8 cm³/mol. The van der Waals surface area contributed by atoms with Gasteiger partial charge in [0.25, 0.3) is 0 Å². The monoisotopic (exact) mass is 320 g/mol. The average molecular weight is 320 g/mol. The number of hydrogen-bond donors (Lipinski definition) is 1. The molecule has 1 N–H and O–H groups in total. The Bertz CT molecular complexity index is 819. The van der Waals surface area contributed by atoms with Crippen molar-refractivity contribution < 1.29 is 0 Å². The van der Waals surface area contributed by atoms with E-state index in [0.717, 1.165) is 43.1 Å². The summed E-state index contributed by atoms with van der Waals surface area (Å²) < 4.78 is 0. The molecule has 0 bridgehead atoms. The van der Waals surface area contributed by atoms with Crippen molar-refractivity contribution in [3.8, 4) is 0 Å². The molecule has 3 heterocycles. The third-order valence-electron chi connectivity index (χ3n) is 4.41. The number of rotatable bonds is 3. The predicted octanol–water partition coefficient (Wildman–Crippen LogP) is 2.52. The van der Waals surface area contributed by atoms with Crippen LogP contribution in [0.4, 0.5) is 17.2 Å². The van der Waals surface area contributed by atoms with Gasteiger partial charge in [-0.1, -0.05) is 0 Å². The van der Waals surface area contributed by atoms with Crippen LogP contribution in [0.2, 0.25) is 0 Å². The molecule has 0 spiro atoms. The first-order valence-corrected chi connectivity index (χ1v) is 8.16.